The Balaban J connectivity index is 1.04. The van der Waals surface area contributed by atoms with E-state index in [1.165, 1.54) is 132 Å². The maximum Gasteiger partial charge on any atom is 0.169 e. The maximum atomic E-state index is 15.4. The summed E-state index contributed by atoms with van der Waals surface area (Å²) in [6.45, 7) is 14.2. The van der Waals surface area contributed by atoms with Crippen molar-refractivity contribution >= 4 is 82.0 Å². The molecule has 0 amide bonds. The van der Waals surface area contributed by atoms with Crippen LogP contribution < -0.4 is 0 Å². The highest BCUT2D eigenvalue weighted by atomic mass is 16.1. The van der Waals surface area contributed by atoms with E-state index in [4.69, 9.17) is 0 Å². The van der Waals surface area contributed by atoms with Gasteiger partial charge < -0.3 is 8.80 Å². The minimum Gasteiger partial charge on any atom is -0.308 e. The number of Topliss-reactive ketones (excluding diaryl/α,β-unsaturated/α-hetero) is 1. The first-order valence-corrected chi connectivity index (χ1v) is 32.0. The molecule has 14 aromatic rings. The fourth-order valence-corrected chi connectivity index (χ4v) is 19.8. The van der Waals surface area contributed by atoms with Crippen LogP contribution in [0.3, 0.4) is 0 Å². The van der Waals surface area contributed by atoms with Crippen LogP contribution in [0.2, 0.25) is 0 Å². The molecule has 86 heavy (non-hydrogen) atoms. The standard InChI is InChI=1S/C82H65N3O/c1-7-80(8-2,9-3)49-37-58-55-40-64-60(78(86)79(6)32-34-81(64,35-33-79)45(4)5)42-65(55)84-66-43-61-67(41-56(66)59(38-49)76(58)84)85-68-36-46(44-83)69-70-51-27-16-18-29-53(51)71(54-30-19-17-28-52(54)70)74(69)72(68)62-39-57-50-26-20-21-31-63(50)82(47-22-12-10-13-23-47,48-24-14-11-15-25-48)75(57)73(61)77(62)85/h10-31,36-43,45,70-71H,7-9,32-35H2,1-6H3. The Labute approximate surface area is 501 Å². The summed E-state index contributed by atoms with van der Waals surface area (Å²) in [7, 11) is 0. The highest BCUT2D eigenvalue weighted by molar-refractivity contribution is 6.32. The van der Waals surface area contributed by atoms with Crippen molar-refractivity contribution in [3.63, 3.8) is 0 Å². The molecule has 1 saturated carbocycles. The van der Waals surface area contributed by atoms with E-state index in [-0.39, 0.29) is 28.1 Å². The number of carbonyl (C=O) groups excluding carboxylic acids is 1. The largest absolute Gasteiger partial charge is 0.308 e. The summed E-state index contributed by atoms with van der Waals surface area (Å²) in [5.41, 5.74) is 25.6. The highest BCUT2D eigenvalue weighted by Gasteiger charge is 2.53. The predicted molar refractivity (Wildman–Crippen MR) is 353 cm³/mol. The quantitative estimate of drug-likeness (QED) is 0.160. The van der Waals surface area contributed by atoms with E-state index >= 15 is 4.79 Å². The van der Waals surface area contributed by atoms with Crippen LogP contribution in [0.4, 0.5) is 0 Å². The van der Waals surface area contributed by atoms with Crippen molar-refractivity contribution in [2.24, 2.45) is 11.3 Å². The first-order chi connectivity index (χ1) is 42.0. The van der Waals surface area contributed by atoms with E-state index in [1.54, 1.807) is 0 Å². The van der Waals surface area contributed by atoms with E-state index in [1.807, 2.05) is 0 Å². The van der Waals surface area contributed by atoms with Crippen LogP contribution in [0.15, 0.2) is 182 Å². The molecular formula is C82H65N3O. The Morgan fingerprint density at radius 2 is 1.05 bits per heavy atom. The summed E-state index contributed by atoms with van der Waals surface area (Å²) in [4.78, 5) is 15.4. The van der Waals surface area contributed by atoms with Gasteiger partial charge in [-0.05, 0) is 188 Å². The Morgan fingerprint density at radius 1 is 0.512 bits per heavy atom. The molecule has 4 nitrogen and oxygen atoms in total. The zero-order valence-electron chi connectivity index (χ0n) is 49.8. The lowest BCUT2D eigenvalue weighted by Crippen LogP contribution is -2.38. The second kappa shape index (κ2) is 16.5. The van der Waals surface area contributed by atoms with Crippen LogP contribution in [0.25, 0.3) is 87.3 Å². The van der Waals surface area contributed by atoms with E-state index in [0.717, 1.165) is 78.2 Å². The Kier molecular flexibility index (Phi) is 9.43. The van der Waals surface area contributed by atoms with Gasteiger partial charge in [-0.15, -0.1) is 0 Å². The van der Waals surface area contributed by atoms with Gasteiger partial charge in [-0.25, -0.2) is 0 Å². The third-order valence-electron chi connectivity index (χ3n) is 24.2. The minimum absolute atomic E-state index is 0.0110. The van der Waals surface area contributed by atoms with Crippen LogP contribution in [0.1, 0.15) is 181 Å². The fraction of sp³-hybridized carbons (Fsp3) is 0.244. The number of carbonyl (C=O) groups is 1. The Hall–Kier alpha value is -9.04. The molecule has 7 aliphatic rings. The molecule has 4 heteroatoms. The molecule has 4 bridgehead atoms. The number of hydrogen-bond donors (Lipinski definition) is 0. The van der Waals surface area contributed by atoms with Crippen LogP contribution in [0.5, 0.6) is 0 Å². The van der Waals surface area contributed by atoms with E-state index in [2.05, 4.69) is 238 Å². The van der Waals surface area contributed by atoms with Crippen LogP contribution >= 0.6 is 0 Å². The fourth-order valence-electron chi connectivity index (χ4n) is 19.8. The van der Waals surface area contributed by atoms with Gasteiger partial charge in [-0.2, -0.15) is 5.26 Å². The van der Waals surface area contributed by atoms with Gasteiger partial charge in [-0.3, -0.25) is 4.79 Å². The number of aromatic nitrogens is 2. The molecule has 7 aliphatic carbocycles. The van der Waals surface area contributed by atoms with Crippen molar-refractivity contribution < 1.29 is 4.79 Å². The van der Waals surface area contributed by atoms with Gasteiger partial charge in [0.2, 0.25) is 0 Å². The molecule has 0 atom stereocenters. The van der Waals surface area contributed by atoms with Crippen LogP contribution in [0, 0.1) is 22.7 Å². The molecule has 21 rings (SSSR count). The molecule has 4 aromatic heterocycles. The zero-order chi connectivity index (χ0) is 57.7. The van der Waals surface area contributed by atoms with E-state index in [0.29, 0.717) is 11.7 Å². The molecule has 0 aliphatic heterocycles. The van der Waals surface area contributed by atoms with Gasteiger partial charge in [0, 0.05) is 65.9 Å². The molecule has 0 radical (unpaired) electrons. The predicted octanol–water partition coefficient (Wildman–Crippen LogP) is 20.3. The molecule has 0 spiro atoms. The summed E-state index contributed by atoms with van der Waals surface area (Å²) >= 11 is 0. The molecule has 0 unspecified atom stereocenters. The summed E-state index contributed by atoms with van der Waals surface area (Å²) in [6.07, 6.45) is 7.09. The van der Waals surface area contributed by atoms with Gasteiger partial charge in [0.15, 0.2) is 5.78 Å². The van der Waals surface area contributed by atoms with Gasteiger partial charge in [0.1, 0.15) is 0 Å². The van der Waals surface area contributed by atoms with Gasteiger partial charge in [-0.1, -0.05) is 175 Å². The smallest absolute Gasteiger partial charge is 0.169 e. The minimum atomic E-state index is -0.692. The average molecular weight is 1110 g/mol. The monoisotopic (exact) mass is 1110 g/mol. The lowest BCUT2D eigenvalue weighted by atomic mass is 9.59. The van der Waals surface area contributed by atoms with E-state index < -0.39 is 5.41 Å². The second-order valence-corrected chi connectivity index (χ2v) is 27.4. The van der Waals surface area contributed by atoms with Crippen molar-refractivity contribution in [2.75, 3.05) is 0 Å². The molecule has 1 fully saturated rings. The van der Waals surface area contributed by atoms with Crippen molar-refractivity contribution in [1.29, 1.82) is 5.26 Å². The van der Waals surface area contributed by atoms with Gasteiger partial charge >= 0.3 is 0 Å². The molecule has 0 N–H and O–H groups in total. The average Bonchev–Trinajstić information content (AvgIpc) is 1.44. The first kappa shape index (κ1) is 49.2. The maximum absolute atomic E-state index is 15.4. The van der Waals surface area contributed by atoms with Crippen molar-refractivity contribution in [2.45, 2.75) is 115 Å². The Morgan fingerprint density at radius 3 is 1.65 bits per heavy atom. The highest BCUT2D eigenvalue weighted by Crippen LogP contribution is 2.65. The number of fused-ring (bicyclic) bond motifs is 18. The summed E-state index contributed by atoms with van der Waals surface area (Å²) in [6, 6.07) is 72.8. The topological polar surface area (TPSA) is 49.7 Å². The number of benzene rings is 10. The number of nitriles is 1. The third-order valence-corrected chi connectivity index (χ3v) is 24.2. The number of rotatable bonds is 7. The number of ketones is 1. The molecule has 0 saturated heterocycles. The molecule has 4 heterocycles. The van der Waals surface area contributed by atoms with E-state index in [9.17, 15) is 5.26 Å². The molecular weight excluding hydrogens is 1040 g/mol. The summed E-state index contributed by atoms with van der Waals surface area (Å²) in [5.74, 6) is 0.622. The molecule has 10 aromatic carbocycles. The Bertz CT molecular complexity index is 5300. The number of hydrogen-bond acceptors (Lipinski definition) is 2. The van der Waals surface area contributed by atoms with Gasteiger partial charge in [0.05, 0.1) is 50.1 Å². The normalized spacial score (nSPS) is 20.7. The van der Waals surface area contributed by atoms with Gasteiger partial charge in [0.25, 0.3) is 0 Å². The summed E-state index contributed by atoms with van der Waals surface area (Å²) < 4.78 is 5.20. The lowest BCUT2D eigenvalue weighted by molar-refractivity contribution is 0.0688. The molecule has 414 valence electrons. The van der Waals surface area contributed by atoms with Crippen molar-refractivity contribution in [1.82, 2.24) is 8.80 Å². The van der Waals surface area contributed by atoms with Crippen molar-refractivity contribution in [3.8, 4) is 17.2 Å². The first-order valence-electron chi connectivity index (χ1n) is 32.0. The summed E-state index contributed by atoms with van der Waals surface area (Å²) in [5, 5.41) is 21.7. The van der Waals surface area contributed by atoms with Crippen LogP contribution in [-0.2, 0) is 16.2 Å². The van der Waals surface area contributed by atoms with Crippen LogP contribution in [-0.4, -0.2) is 14.6 Å². The van der Waals surface area contributed by atoms with Crippen molar-refractivity contribution in [3.05, 3.63) is 260 Å². The number of nitrogens with zero attached hydrogens (tertiary/aromatic N) is 3. The lowest BCUT2D eigenvalue weighted by Gasteiger charge is -2.44. The zero-order valence-corrected chi connectivity index (χ0v) is 49.8. The SMILES string of the molecule is CCC(CC)(CC)c1cc2c3cc4c(cc3n3c5cc6c7c8c(cc9c%10c%11c(c(C#N)cc%10n(c6cc5c(c1)c23)c97)C1c2ccccc2C%11c2ccccc21)-c1ccccc1C8(c1ccccc1)c1ccccc1)C(=O)C1(C)CCC4(C(C)C)CC1. The third kappa shape index (κ3) is 5.50. The second-order valence-electron chi connectivity index (χ2n) is 27.4.